The summed E-state index contributed by atoms with van der Waals surface area (Å²) in [5, 5.41) is 3.32. The first-order valence-corrected chi connectivity index (χ1v) is 6.69. The molecule has 106 valence electrons. The second-order valence-corrected chi connectivity index (χ2v) is 4.93. The monoisotopic (exact) mass is 266 g/mol. The molecule has 0 aromatic carbocycles. The fourth-order valence-corrected chi connectivity index (χ4v) is 2.23. The smallest absolute Gasteiger partial charge is 0.323 e. The predicted molar refractivity (Wildman–Crippen MR) is 74.1 cm³/mol. The van der Waals surface area contributed by atoms with Gasteiger partial charge in [-0.05, 0) is 33.7 Å². The van der Waals surface area contributed by atoms with Gasteiger partial charge in [-0.15, -0.1) is 0 Å². The highest BCUT2D eigenvalue weighted by Gasteiger charge is 2.23. The fourth-order valence-electron chi connectivity index (χ4n) is 2.23. The summed E-state index contributed by atoms with van der Waals surface area (Å²) in [5.74, 6) is 0.680. The minimum atomic E-state index is 0.182. The van der Waals surface area contributed by atoms with Gasteiger partial charge in [0.25, 0.3) is 0 Å². The van der Waals surface area contributed by atoms with Crippen LogP contribution in [0.2, 0.25) is 0 Å². The summed E-state index contributed by atoms with van der Waals surface area (Å²) in [5.41, 5.74) is 5.65. The van der Waals surface area contributed by atoms with Crippen LogP contribution in [0.3, 0.4) is 0 Å². The van der Waals surface area contributed by atoms with E-state index in [0.717, 1.165) is 19.4 Å². The number of hydrogen-bond donors (Lipinski definition) is 2. The molecule has 2 unspecified atom stereocenters. The Hall–Kier alpha value is -1.63. The first kappa shape index (κ1) is 13.8. The summed E-state index contributed by atoms with van der Waals surface area (Å²) in [4.78, 5) is 14.6. The summed E-state index contributed by atoms with van der Waals surface area (Å²) in [7, 11) is 2.15. The molecule has 0 bridgehead atoms. The van der Waals surface area contributed by atoms with Crippen molar-refractivity contribution in [1.82, 2.24) is 19.9 Å². The summed E-state index contributed by atoms with van der Waals surface area (Å²) in [6.45, 7) is 5.68. The molecule has 0 radical (unpaired) electrons. The number of likely N-dealkylation sites (tertiary alicyclic amines) is 1. The van der Waals surface area contributed by atoms with Crippen molar-refractivity contribution in [3.05, 3.63) is 0 Å². The number of hydrogen-bond acceptors (Lipinski definition) is 7. The van der Waals surface area contributed by atoms with Gasteiger partial charge in [0, 0.05) is 18.6 Å². The number of piperidine rings is 1. The molecule has 2 atom stereocenters. The number of nitrogens with two attached hydrogens (primary N) is 1. The van der Waals surface area contributed by atoms with E-state index in [2.05, 4.69) is 39.1 Å². The lowest BCUT2D eigenvalue weighted by Gasteiger charge is -2.35. The molecule has 1 aromatic heterocycles. The van der Waals surface area contributed by atoms with Gasteiger partial charge >= 0.3 is 6.01 Å². The van der Waals surface area contributed by atoms with E-state index < -0.39 is 0 Å². The zero-order valence-corrected chi connectivity index (χ0v) is 11.8. The summed E-state index contributed by atoms with van der Waals surface area (Å²) >= 11 is 0. The lowest BCUT2D eigenvalue weighted by molar-refractivity contribution is 0.189. The third kappa shape index (κ3) is 3.66. The van der Waals surface area contributed by atoms with Crippen molar-refractivity contribution < 1.29 is 4.74 Å². The Morgan fingerprint density at radius 3 is 2.89 bits per heavy atom. The highest BCUT2D eigenvalue weighted by atomic mass is 16.5. The van der Waals surface area contributed by atoms with Crippen LogP contribution in [0.1, 0.15) is 26.7 Å². The maximum atomic E-state index is 5.65. The minimum absolute atomic E-state index is 0.182. The van der Waals surface area contributed by atoms with E-state index in [4.69, 9.17) is 10.5 Å². The van der Waals surface area contributed by atoms with Crippen molar-refractivity contribution >= 4 is 11.9 Å². The molecule has 3 N–H and O–H groups in total. The SMILES string of the molecule is CCOc1nc(N)nc(NC2CCN(C)C(C)C2)n1. The van der Waals surface area contributed by atoms with Crippen LogP contribution in [0.4, 0.5) is 11.9 Å². The molecule has 0 spiro atoms. The maximum Gasteiger partial charge on any atom is 0.323 e. The molecular formula is C12H22N6O. The highest BCUT2D eigenvalue weighted by molar-refractivity contribution is 5.33. The second kappa shape index (κ2) is 6.01. The largest absolute Gasteiger partial charge is 0.464 e. The van der Waals surface area contributed by atoms with Gasteiger partial charge in [-0.2, -0.15) is 15.0 Å². The van der Waals surface area contributed by atoms with Crippen molar-refractivity contribution in [2.45, 2.75) is 38.8 Å². The molecule has 19 heavy (non-hydrogen) atoms. The van der Waals surface area contributed by atoms with Crippen LogP contribution in [0.25, 0.3) is 0 Å². The molecule has 1 aromatic rings. The summed E-state index contributed by atoms with van der Waals surface area (Å²) in [6, 6.07) is 1.19. The molecular weight excluding hydrogens is 244 g/mol. The van der Waals surface area contributed by atoms with Crippen LogP contribution in [0.5, 0.6) is 6.01 Å². The molecule has 1 saturated heterocycles. The van der Waals surface area contributed by atoms with E-state index in [1.54, 1.807) is 0 Å². The van der Waals surface area contributed by atoms with Crippen LogP contribution < -0.4 is 15.8 Å². The molecule has 0 saturated carbocycles. The first-order valence-electron chi connectivity index (χ1n) is 6.69. The van der Waals surface area contributed by atoms with Crippen LogP contribution in [0.15, 0.2) is 0 Å². The van der Waals surface area contributed by atoms with Gasteiger partial charge < -0.3 is 20.7 Å². The quantitative estimate of drug-likeness (QED) is 0.831. The summed E-state index contributed by atoms with van der Waals surface area (Å²) in [6.07, 6.45) is 2.13. The topological polar surface area (TPSA) is 89.2 Å². The van der Waals surface area contributed by atoms with E-state index in [1.807, 2.05) is 6.92 Å². The van der Waals surface area contributed by atoms with Crippen molar-refractivity contribution in [3.63, 3.8) is 0 Å². The Kier molecular flexibility index (Phi) is 4.36. The second-order valence-electron chi connectivity index (χ2n) is 4.93. The number of nitrogens with zero attached hydrogens (tertiary/aromatic N) is 4. The Morgan fingerprint density at radius 1 is 1.42 bits per heavy atom. The van der Waals surface area contributed by atoms with Gasteiger partial charge in [0.15, 0.2) is 0 Å². The van der Waals surface area contributed by atoms with Gasteiger partial charge in [-0.25, -0.2) is 0 Å². The molecule has 1 aliphatic heterocycles. The Balaban J connectivity index is 2.02. The van der Waals surface area contributed by atoms with Gasteiger partial charge in [-0.3, -0.25) is 0 Å². The number of nitrogen functional groups attached to an aromatic ring is 1. The lowest BCUT2D eigenvalue weighted by Crippen LogP contribution is -2.42. The molecule has 0 aliphatic carbocycles. The fraction of sp³-hybridized carbons (Fsp3) is 0.750. The highest BCUT2D eigenvalue weighted by Crippen LogP contribution is 2.19. The van der Waals surface area contributed by atoms with Crippen molar-refractivity contribution in [1.29, 1.82) is 0 Å². The average Bonchev–Trinajstić information content (AvgIpc) is 2.33. The predicted octanol–water partition coefficient (Wildman–Crippen LogP) is 0.747. The zero-order valence-electron chi connectivity index (χ0n) is 11.8. The Bertz CT molecular complexity index is 427. The van der Waals surface area contributed by atoms with E-state index in [9.17, 15) is 0 Å². The van der Waals surface area contributed by atoms with Gasteiger partial charge in [0.1, 0.15) is 0 Å². The van der Waals surface area contributed by atoms with Crippen molar-refractivity contribution in [3.8, 4) is 6.01 Å². The third-order valence-corrected chi connectivity index (χ3v) is 3.45. The van der Waals surface area contributed by atoms with E-state index in [1.165, 1.54) is 0 Å². The molecule has 7 nitrogen and oxygen atoms in total. The van der Waals surface area contributed by atoms with Crippen molar-refractivity contribution in [2.24, 2.45) is 0 Å². The van der Waals surface area contributed by atoms with Gasteiger partial charge in [0.05, 0.1) is 6.61 Å². The third-order valence-electron chi connectivity index (χ3n) is 3.45. The standard InChI is InChI=1S/C12H22N6O/c1-4-19-12-16-10(13)15-11(17-12)14-9-5-6-18(3)8(2)7-9/h8-9H,4-7H2,1-3H3,(H3,13,14,15,16,17). The molecule has 1 fully saturated rings. The van der Waals surface area contributed by atoms with Crippen molar-refractivity contribution in [2.75, 3.05) is 31.2 Å². The molecule has 2 rings (SSSR count). The first-order chi connectivity index (χ1) is 9.08. The van der Waals surface area contributed by atoms with Crippen LogP contribution in [0, 0.1) is 0 Å². The number of rotatable bonds is 4. The number of nitrogens with one attached hydrogen (secondary N) is 1. The molecule has 2 heterocycles. The van der Waals surface area contributed by atoms with Crippen LogP contribution in [-0.4, -0.2) is 52.1 Å². The molecule has 1 aliphatic rings. The molecule has 0 amide bonds. The average molecular weight is 266 g/mol. The number of anilines is 2. The maximum absolute atomic E-state index is 5.65. The van der Waals surface area contributed by atoms with Crippen LogP contribution in [-0.2, 0) is 0 Å². The molecule has 7 heteroatoms. The Labute approximate surface area is 113 Å². The van der Waals surface area contributed by atoms with E-state index in [0.29, 0.717) is 24.6 Å². The summed E-state index contributed by atoms with van der Waals surface area (Å²) < 4.78 is 5.26. The van der Waals surface area contributed by atoms with E-state index in [-0.39, 0.29) is 12.0 Å². The van der Waals surface area contributed by atoms with Gasteiger partial charge in [-0.1, -0.05) is 0 Å². The van der Waals surface area contributed by atoms with E-state index >= 15 is 0 Å². The van der Waals surface area contributed by atoms with Crippen LogP contribution >= 0.6 is 0 Å². The zero-order chi connectivity index (χ0) is 13.8. The number of aromatic nitrogens is 3. The number of ether oxygens (including phenoxy) is 1. The normalized spacial score (nSPS) is 24.2. The van der Waals surface area contributed by atoms with Gasteiger partial charge in [0.2, 0.25) is 11.9 Å². The minimum Gasteiger partial charge on any atom is -0.464 e. The Morgan fingerprint density at radius 2 is 2.21 bits per heavy atom. The lowest BCUT2D eigenvalue weighted by atomic mass is 9.99.